The minimum absolute atomic E-state index is 0.732. The highest BCUT2D eigenvalue weighted by atomic mass is 15.3. The first-order chi connectivity index (χ1) is 15.2. The number of unbranched alkanes of at least 4 members (excludes halogenated alkanes) is 3. The standard InChI is InChI=1S/C30H48N/c1-4-7-22-31(23-8-5-2,24-9-6-3)25-16-21-30(26-28-17-12-10-13-18-28)27-29-19-14-11-15-20-29/h10-15,17-20,30H,4-9,16,21-27H2,1-3H3/q+1. The van der Waals surface area contributed by atoms with Crippen LogP contribution in [0.5, 0.6) is 0 Å². The van der Waals surface area contributed by atoms with Gasteiger partial charge in [-0.3, -0.25) is 0 Å². The van der Waals surface area contributed by atoms with Gasteiger partial charge >= 0.3 is 0 Å². The van der Waals surface area contributed by atoms with Crippen LogP contribution in [0.25, 0.3) is 0 Å². The summed E-state index contributed by atoms with van der Waals surface area (Å²) in [6, 6.07) is 22.3. The number of rotatable bonds is 17. The number of nitrogens with zero attached hydrogens (tertiary/aromatic N) is 1. The molecular formula is C30H48N+. The van der Waals surface area contributed by atoms with E-state index in [0.717, 1.165) is 5.92 Å². The molecule has 0 bridgehead atoms. The van der Waals surface area contributed by atoms with Gasteiger partial charge in [-0.25, -0.2) is 0 Å². The summed E-state index contributed by atoms with van der Waals surface area (Å²) in [7, 11) is 0. The molecule has 2 aromatic carbocycles. The van der Waals surface area contributed by atoms with Crippen molar-refractivity contribution in [2.75, 3.05) is 26.2 Å². The number of quaternary nitrogens is 1. The maximum absolute atomic E-state index is 2.35. The highest BCUT2D eigenvalue weighted by Gasteiger charge is 2.26. The van der Waals surface area contributed by atoms with Crippen molar-refractivity contribution >= 4 is 0 Å². The summed E-state index contributed by atoms with van der Waals surface area (Å²) in [5.41, 5.74) is 2.99. The molecule has 0 radical (unpaired) electrons. The van der Waals surface area contributed by atoms with E-state index >= 15 is 0 Å². The SMILES string of the molecule is CCCC[N+](CCCC)(CCCC)CCCC(Cc1ccccc1)Cc1ccccc1. The molecular weight excluding hydrogens is 374 g/mol. The Hall–Kier alpha value is -1.60. The summed E-state index contributed by atoms with van der Waals surface area (Å²) in [5, 5.41) is 0. The molecule has 0 N–H and O–H groups in total. The topological polar surface area (TPSA) is 0 Å². The normalized spacial score (nSPS) is 11.9. The summed E-state index contributed by atoms with van der Waals surface area (Å²) < 4.78 is 1.37. The fourth-order valence-corrected chi connectivity index (χ4v) is 5.04. The molecule has 0 saturated heterocycles. The van der Waals surface area contributed by atoms with Crippen LogP contribution < -0.4 is 0 Å². The maximum Gasteiger partial charge on any atom is 0.0786 e. The molecule has 2 rings (SSSR count). The summed E-state index contributed by atoms with van der Waals surface area (Å²) in [4.78, 5) is 0. The van der Waals surface area contributed by atoms with Crippen molar-refractivity contribution in [3.63, 3.8) is 0 Å². The third-order valence-corrected chi connectivity index (χ3v) is 6.94. The van der Waals surface area contributed by atoms with E-state index in [1.165, 1.54) is 106 Å². The third-order valence-electron chi connectivity index (χ3n) is 6.94. The van der Waals surface area contributed by atoms with E-state index in [2.05, 4.69) is 81.4 Å². The van der Waals surface area contributed by atoms with Crippen molar-refractivity contribution in [1.29, 1.82) is 0 Å². The van der Waals surface area contributed by atoms with Crippen molar-refractivity contribution in [3.05, 3.63) is 71.8 Å². The lowest BCUT2D eigenvalue weighted by atomic mass is 9.88. The second kappa shape index (κ2) is 15.2. The van der Waals surface area contributed by atoms with Gasteiger partial charge in [0.25, 0.3) is 0 Å². The zero-order valence-electron chi connectivity index (χ0n) is 20.7. The van der Waals surface area contributed by atoms with Crippen LogP contribution >= 0.6 is 0 Å². The van der Waals surface area contributed by atoms with Crippen LogP contribution in [0.15, 0.2) is 60.7 Å². The van der Waals surface area contributed by atoms with Gasteiger partial charge in [-0.15, -0.1) is 0 Å². The van der Waals surface area contributed by atoms with Crippen LogP contribution in [0.1, 0.15) is 83.3 Å². The summed E-state index contributed by atoms with van der Waals surface area (Å²) in [6.45, 7) is 12.6. The summed E-state index contributed by atoms with van der Waals surface area (Å²) >= 11 is 0. The fraction of sp³-hybridized carbons (Fsp3) is 0.600. The van der Waals surface area contributed by atoms with Gasteiger partial charge < -0.3 is 4.48 Å². The van der Waals surface area contributed by atoms with Crippen LogP contribution in [0.4, 0.5) is 0 Å². The Morgan fingerprint density at radius 2 is 0.935 bits per heavy atom. The molecule has 0 saturated carbocycles. The van der Waals surface area contributed by atoms with Gasteiger partial charge in [-0.2, -0.15) is 0 Å². The molecule has 31 heavy (non-hydrogen) atoms. The predicted molar refractivity (Wildman–Crippen MR) is 137 cm³/mol. The van der Waals surface area contributed by atoms with E-state index < -0.39 is 0 Å². The second-order valence-corrected chi connectivity index (χ2v) is 9.68. The van der Waals surface area contributed by atoms with Gasteiger partial charge in [-0.1, -0.05) is 101 Å². The highest BCUT2D eigenvalue weighted by Crippen LogP contribution is 2.23. The zero-order valence-corrected chi connectivity index (χ0v) is 20.7. The molecule has 1 heteroatoms. The Balaban J connectivity index is 2.04. The van der Waals surface area contributed by atoms with Crippen molar-refractivity contribution in [1.82, 2.24) is 0 Å². The van der Waals surface area contributed by atoms with Crippen molar-refractivity contribution in [2.24, 2.45) is 5.92 Å². The Kier molecular flexibility index (Phi) is 12.6. The summed E-state index contributed by atoms with van der Waals surface area (Å²) in [5.74, 6) is 0.732. The highest BCUT2D eigenvalue weighted by molar-refractivity contribution is 5.18. The fourth-order valence-electron chi connectivity index (χ4n) is 5.04. The molecule has 0 fully saturated rings. The van der Waals surface area contributed by atoms with E-state index in [9.17, 15) is 0 Å². The van der Waals surface area contributed by atoms with Gasteiger partial charge in [0, 0.05) is 0 Å². The number of hydrogen-bond acceptors (Lipinski definition) is 0. The molecule has 0 aliphatic carbocycles. The first kappa shape index (κ1) is 25.7. The van der Waals surface area contributed by atoms with E-state index in [-0.39, 0.29) is 0 Å². The molecule has 0 unspecified atom stereocenters. The zero-order chi connectivity index (χ0) is 22.2. The Bertz CT molecular complexity index is 600. The minimum Gasteiger partial charge on any atom is -0.324 e. The lowest BCUT2D eigenvalue weighted by molar-refractivity contribution is -0.929. The van der Waals surface area contributed by atoms with Crippen molar-refractivity contribution in [3.8, 4) is 0 Å². The molecule has 1 nitrogen and oxygen atoms in total. The van der Waals surface area contributed by atoms with Crippen LogP contribution in [0.2, 0.25) is 0 Å². The van der Waals surface area contributed by atoms with Crippen LogP contribution in [-0.4, -0.2) is 30.7 Å². The average Bonchev–Trinajstić information content (AvgIpc) is 2.81. The lowest BCUT2D eigenvalue weighted by Crippen LogP contribution is -2.50. The van der Waals surface area contributed by atoms with Gasteiger partial charge in [0.2, 0.25) is 0 Å². The minimum atomic E-state index is 0.732. The number of hydrogen-bond donors (Lipinski definition) is 0. The van der Waals surface area contributed by atoms with Gasteiger partial charge in [0.05, 0.1) is 26.2 Å². The van der Waals surface area contributed by atoms with Crippen molar-refractivity contribution in [2.45, 2.75) is 85.0 Å². The van der Waals surface area contributed by atoms with Crippen LogP contribution in [0, 0.1) is 5.92 Å². The quantitative estimate of drug-likeness (QED) is 0.226. The maximum atomic E-state index is 2.35. The monoisotopic (exact) mass is 422 g/mol. The molecule has 0 spiro atoms. The summed E-state index contributed by atoms with van der Waals surface area (Å²) in [6.07, 6.45) is 13.2. The van der Waals surface area contributed by atoms with Gasteiger partial charge in [0.15, 0.2) is 0 Å². The molecule has 0 amide bonds. The van der Waals surface area contributed by atoms with Crippen molar-refractivity contribution < 1.29 is 4.48 Å². The van der Waals surface area contributed by atoms with Gasteiger partial charge in [0.1, 0.15) is 0 Å². The molecule has 0 aliphatic rings. The van der Waals surface area contributed by atoms with E-state index in [1.54, 1.807) is 0 Å². The molecule has 0 heterocycles. The number of benzene rings is 2. The Morgan fingerprint density at radius 1 is 0.548 bits per heavy atom. The molecule has 0 aromatic heterocycles. The molecule has 172 valence electrons. The average molecular weight is 423 g/mol. The predicted octanol–water partition coefficient (Wildman–Crippen LogP) is 8.09. The molecule has 2 aromatic rings. The molecule has 0 aliphatic heterocycles. The van der Waals surface area contributed by atoms with Crippen LogP contribution in [-0.2, 0) is 12.8 Å². The molecule has 0 atom stereocenters. The Labute approximate surface area is 193 Å². The second-order valence-electron chi connectivity index (χ2n) is 9.68. The van der Waals surface area contributed by atoms with Crippen LogP contribution in [0.3, 0.4) is 0 Å². The smallest absolute Gasteiger partial charge is 0.0786 e. The van der Waals surface area contributed by atoms with E-state index in [0.29, 0.717) is 0 Å². The first-order valence-electron chi connectivity index (χ1n) is 13.1. The third kappa shape index (κ3) is 10.0. The van der Waals surface area contributed by atoms with E-state index in [4.69, 9.17) is 0 Å². The van der Waals surface area contributed by atoms with E-state index in [1.807, 2.05) is 0 Å². The van der Waals surface area contributed by atoms with Gasteiger partial charge in [-0.05, 0) is 62.0 Å². The first-order valence-corrected chi connectivity index (χ1v) is 13.1. The lowest BCUT2D eigenvalue weighted by Gasteiger charge is -2.39. The Morgan fingerprint density at radius 3 is 1.32 bits per heavy atom. The largest absolute Gasteiger partial charge is 0.324 e.